The normalized spacial score (nSPS) is 18.7. The zero-order valence-electron chi connectivity index (χ0n) is 10.5. The maximum absolute atomic E-state index is 11.8. The van der Waals surface area contributed by atoms with Crippen LogP contribution >= 0.6 is 0 Å². The molecule has 1 saturated heterocycles. The van der Waals surface area contributed by atoms with Gasteiger partial charge in [0.05, 0.1) is 13.0 Å². The molecule has 1 unspecified atom stereocenters. The number of nitrogens with zero attached hydrogens (tertiary/aromatic N) is 1. The molecule has 0 radical (unpaired) electrons. The molecule has 1 rings (SSSR count). The summed E-state index contributed by atoms with van der Waals surface area (Å²) >= 11 is 0. The highest BCUT2D eigenvalue weighted by Crippen LogP contribution is 2.08. The van der Waals surface area contributed by atoms with Gasteiger partial charge in [0.25, 0.3) is 0 Å². The van der Waals surface area contributed by atoms with E-state index in [9.17, 15) is 19.2 Å². The molecule has 8 heteroatoms. The molecule has 1 atom stereocenters. The SMILES string of the molecule is CCOC(=O)CCC(=O)N1CC(=O)NCC1C(=O)O. The van der Waals surface area contributed by atoms with Crippen molar-refractivity contribution in [1.29, 1.82) is 0 Å². The number of carbonyl (C=O) groups is 4. The highest BCUT2D eigenvalue weighted by molar-refractivity contribution is 5.92. The molecule has 1 aliphatic rings. The standard InChI is InChI=1S/C11H16N2O6/c1-2-19-10(16)4-3-9(15)13-6-8(14)12-5-7(13)11(17)18/h7H,2-6H2,1H3,(H,12,14)(H,17,18). The summed E-state index contributed by atoms with van der Waals surface area (Å²) in [6.45, 7) is 1.43. The Balaban J connectivity index is 2.58. The Morgan fingerprint density at radius 3 is 2.68 bits per heavy atom. The smallest absolute Gasteiger partial charge is 0.328 e. The van der Waals surface area contributed by atoms with Crippen LogP contribution < -0.4 is 5.32 Å². The summed E-state index contributed by atoms with van der Waals surface area (Å²) in [5.41, 5.74) is 0. The molecule has 1 fully saturated rings. The highest BCUT2D eigenvalue weighted by Gasteiger charge is 2.34. The first kappa shape index (κ1) is 14.9. The molecule has 106 valence electrons. The Morgan fingerprint density at radius 2 is 2.11 bits per heavy atom. The van der Waals surface area contributed by atoms with Gasteiger partial charge in [-0.25, -0.2) is 4.79 Å². The summed E-state index contributed by atoms with van der Waals surface area (Å²) in [4.78, 5) is 46.1. The highest BCUT2D eigenvalue weighted by atomic mass is 16.5. The topological polar surface area (TPSA) is 113 Å². The molecular formula is C11H16N2O6. The van der Waals surface area contributed by atoms with Crippen LogP contribution in [0.4, 0.5) is 0 Å². The molecule has 8 nitrogen and oxygen atoms in total. The molecule has 0 bridgehead atoms. The minimum atomic E-state index is -1.19. The van der Waals surface area contributed by atoms with Crippen molar-refractivity contribution < 1.29 is 29.0 Å². The molecule has 0 aliphatic carbocycles. The van der Waals surface area contributed by atoms with E-state index in [1.165, 1.54) is 0 Å². The molecule has 2 N–H and O–H groups in total. The first-order valence-corrected chi connectivity index (χ1v) is 5.90. The first-order valence-electron chi connectivity index (χ1n) is 5.90. The summed E-state index contributed by atoms with van der Waals surface area (Å²) in [5, 5.41) is 11.3. The number of rotatable bonds is 5. The van der Waals surface area contributed by atoms with Crippen LogP contribution in [0, 0.1) is 0 Å². The van der Waals surface area contributed by atoms with Gasteiger partial charge in [-0.2, -0.15) is 0 Å². The summed E-state index contributed by atoms with van der Waals surface area (Å²) in [7, 11) is 0. The van der Waals surface area contributed by atoms with E-state index in [2.05, 4.69) is 10.1 Å². The Morgan fingerprint density at radius 1 is 1.42 bits per heavy atom. The number of hydrogen-bond donors (Lipinski definition) is 2. The zero-order chi connectivity index (χ0) is 14.4. The van der Waals surface area contributed by atoms with E-state index in [1.54, 1.807) is 6.92 Å². The third kappa shape index (κ3) is 4.23. The fourth-order valence-corrected chi connectivity index (χ4v) is 1.71. The van der Waals surface area contributed by atoms with Gasteiger partial charge in [0, 0.05) is 13.0 Å². The predicted octanol–water partition coefficient (Wildman–Crippen LogP) is -1.26. The van der Waals surface area contributed by atoms with E-state index in [1.807, 2.05) is 0 Å². The number of esters is 1. The lowest BCUT2D eigenvalue weighted by Crippen LogP contribution is -2.59. The number of hydrogen-bond acceptors (Lipinski definition) is 5. The Kier molecular flexibility index (Phi) is 5.28. The summed E-state index contributed by atoms with van der Waals surface area (Å²) in [6.07, 6.45) is -0.299. The fourth-order valence-electron chi connectivity index (χ4n) is 1.71. The summed E-state index contributed by atoms with van der Waals surface area (Å²) in [6, 6.07) is -1.09. The van der Waals surface area contributed by atoms with Gasteiger partial charge >= 0.3 is 11.9 Å². The lowest BCUT2D eigenvalue weighted by atomic mass is 10.1. The molecule has 1 heterocycles. The van der Waals surface area contributed by atoms with Crippen molar-refractivity contribution in [1.82, 2.24) is 10.2 Å². The third-order valence-corrected chi connectivity index (χ3v) is 2.64. The maximum atomic E-state index is 11.8. The van der Waals surface area contributed by atoms with Crippen LogP contribution in [-0.2, 0) is 23.9 Å². The monoisotopic (exact) mass is 272 g/mol. The van der Waals surface area contributed by atoms with E-state index in [0.29, 0.717) is 0 Å². The van der Waals surface area contributed by atoms with Gasteiger partial charge in [0.1, 0.15) is 12.6 Å². The summed E-state index contributed by atoms with van der Waals surface area (Å²) < 4.78 is 4.67. The van der Waals surface area contributed by atoms with Crippen LogP contribution in [-0.4, -0.2) is 59.5 Å². The molecule has 1 aliphatic heterocycles. The number of amides is 2. The molecule has 0 spiro atoms. The molecule has 0 aromatic rings. The van der Waals surface area contributed by atoms with Crippen molar-refractivity contribution in [2.45, 2.75) is 25.8 Å². The fraction of sp³-hybridized carbons (Fsp3) is 0.636. The molecule has 0 aromatic heterocycles. The van der Waals surface area contributed by atoms with Gasteiger partial charge < -0.3 is 20.1 Å². The average Bonchev–Trinajstić information content (AvgIpc) is 2.35. The van der Waals surface area contributed by atoms with Crippen molar-refractivity contribution in [3.05, 3.63) is 0 Å². The molecule has 19 heavy (non-hydrogen) atoms. The van der Waals surface area contributed by atoms with Crippen LogP contribution in [0.3, 0.4) is 0 Å². The minimum Gasteiger partial charge on any atom is -0.480 e. The lowest BCUT2D eigenvalue weighted by molar-refractivity contribution is -0.154. The minimum absolute atomic E-state index is 0.126. The Hall–Kier alpha value is -2.12. The summed E-state index contributed by atoms with van der Waals surface area (Å²) in [5.74, 6) is -2.68. The molecular weight excluding hydrogens is 256 g/mol. The van der Waals surface area contributed by atoms with Crippen molar-refractivity contribution >= 4 is 23.8 Å². The second kappa shape index (κ2) is 6.72. The second-order valence-corrected chi connectivity index (χ2v) is 3.98. The van der Waals surface area contributed by atoms with Gasteiger partial charge in [0.15, 0.2) is 0 Å². The van der Waals surface area contributed by atoms with Gasteiger partial charge in [-0.3, -0.25) is 14.4 Å². The van der Waals surface area contributed by atoms with Crippen LogP contribution in [0.25, 0.3) is 0 Å². The quantitative estimate of drug-likeness (QED) is 0.604. The molecule has 0 aromatic carbocycles. The number of aliphatic carboxylic acids is 1. The molecule has 0 saturated carbocycles. The number of nitrogens with one attached hydrogen (secondary N) is 1. The Labute approximate surface area is 109 Å². The largest absolute Gasteiger partial charge is 0.480 e. The van der Waals surface area contributed by atoms with Crippen molar-refractivity contribution in [3.63, 3.8) is 0 Å². The number of carboxylic acids is 1. The van der Waals surface area contributed by atoms with E-state index >= 15 is 0 Å². The molecule has 2 amide bonds. The van der Waals surface area contributed by atoms with E-state index in [4.69, 9.17) is 5.11 Å². The van der Waals surface area contributed by atoms with E-state index in [-0.39, 0.29) is 32.5 Å². The number of carboxylic acid groups (broad SMARTS) is 1. The zero-order valence-corrected chi connectivity index (χ0v) is 10.5. The van der Waals surface area contributed by atoms with Gasteiger partial charge in [-0.05, 0) is 6.92 Å². The second-order valence-electron chi connectivity index (χ2n) is 3.98. The van der Waals surface area contributed by atoms with Gasteiger partial charge in [-0.15, -0.1) is 0 Å². The third-order valence-electron chi connectivity index (χ3n) is 2.64. The van der Waals surface area contributed by atoms with Crippen molar-refractivity contribution in [2.75, 3.05) is 19.7 Å². The van der Waals surface area contributed by atoms with Gasteiger partial charge in [-0.1, -0.05) is 0 Å². The van der Waals surface area contributed by atoms with Crippen LogP contribution in [0.5, 0.6) is 0 Å². The van der Waals surface area contributed by atoms with E-state index < -0.39 is 29.8 Å². The van der Waals surface area contributed by atoms with Crippen LogP contribution in [0.2, 0.25) is 0 Å². The Bertz CT molecular complexity index is 395. The van der Waals surface area contributed by atoms with Crippen molar-refractivity contribution in [3.8, 4) is 0 Å². The van der Waals surface area contributed by atoms with E-state index in [0.717, 1.165) is 4.90 Å². The number of carbonyl (C=O) groups excluding carboxylic acids is 3. The predicted molar refractivity (Wildman–Crippen MR) is 62.0 cm³/mol. The lowest BCUT2D eigenvalue weighted by Gasteiger charge is -2.32. The van der Waals surface area contributed by atoms with Crippen molar-refractivity contribution in [2.24, 2.45) is 0 Å². The average molecular weight is 272 g/mol. The number of piperazine rings is 1. The number of ether oxygens (including phenoxy) is 1. The first-order chi connectivity index (χ1) is 8.95. The maximum Gasteiger partial charge on any atom is 0.328 e. The van der Waals surface area contributed by atoms with Gasteiger partial charge in [0.2, 0.25) is 11.8 Å². The van der Waals surface area contributed by atoms with Crippen LogP contribution in [0.15, 0.2) is 0 Å². The van der Waals surface area contributed by atoms with Crippen LogP contribution in [0.1, 0.15) is 19.8 Å².